The quantitative estimate of drug-likeness (QED) is 0.415. The van der Waals surface area contributed by atoms with Crippen LogP contribution in [0, 0.1) is 0 Å². The van der Waals surface area contributed by atoms with E-state index < -0.39 is 6.75 Å². The first-order valence-electron chi connectivity index (χ1n) is 2.21. The van der Waals surface area contributed by atoms with E-state index in [-0.39, 0.29) is 0 Å². The Kier molecular flexibility index (Phi) is 0.234. The van der Waals surface area contributed by atoms with Gasteiger partial charge in [0.1, 0.15) is 15.3 Å². The Hall–Kier alpha value is -0.660. The number of rotatable bonds is 0. The third kappa shape index (κ3) is 0.318. The molecule has 0 amide bonds. The van der Waals surface area contributed by atoms with Crippen LogP contribution in [0.3, 0.4) is 0 Å². The van der Waals surface area contributed by atoms with Crippen LogP contribution in [0.15, 0.2) is 12.5 Å². The smallest absolute Gasteiger partial charge is 0.229 e. The molecule has 0 atom stereocenters. The maximum absolute atomic E-state index is 6.65. The molecule has 2 heteroatoms. The molecule has 0 aliphatic carbocycles. The summed E-state index contributed by atoms with van der Waals surface area (Å²) in [6, 6.07) is 0. The van der Waals surface area contributed by atoms with Gasteiger partial charge in [-0.05, 0) is 0 Å². The van der Waals surface area contributed by atoms with E-state index in [0.29, 0.717) is 0 Å². The molecular weight excluding hydrogens is 68.0 g/mol. The molecule has 0 fully saturated rings. The van der Waals surface area contributed by atoms with Gasteiger partial charge in [-0.3, -0.25) is 0 Å². The summed E-state index contributed by atoms with van der Waals surface area (Å²) in [6.07, 6.45) is 2.33. The topological polar surface area (TPSA) is 18.5 Å². The fourth-order valence-electron chi connectivity index (χ4n) is 0.139. The average Bonchev–Trinajstić information content (AvgIpc) is 1.84. The lowest BCUT2D eigenvalue weighted by molar-refractivity contribution is 0.0920. The molecule has 1 heterocycles. The summed E-state index contributed by atoms with van der Waals surface area (Å²) >= 11 is 0. The van der Waals surface area contributed by atoms with E-state index in [0.717, 1.165) is 0 Å². The van der Waals surface area contributed by atoms with Crippen molar-refractivity contribution < 1.29 is 12.2 Å². The standard InChI is InChI=1S/C3H4O2/c1-2-5-3-4-1/h1-2H,3H2/i3D2. The second kappa shape index (κ2) is 0.971. The van der Waals surface area contributed by atoms with E-state index in [1.54, 1.807) is 0 Å². The maximum atomic E-state index is 6.65. The van der Waals surface area contributed by atoms with E-state index in [1.165, 1.54) is 12.5 Å². The number of hydrogen-bond donors (Lipinski definition) is 0. The van der Waals surface area contributed by atoms with Crippen molar-refractivity contribution in [3.05, 3.63) is 12.5 Å². The van der Waals surface area contributed by atoms with Crippen LogP contribution in [0.1, 0.15) is 2.74 Å². The van der Waals surface area contributed by atoms with Crippen molar-refractivity contribution in [2.75, 3.05) is 6.75 Å². The molecule has 0 saturated carbocycles. The summed E-state index contributed by atoms with van der Waals surface area (Å²) in [5.74, 6) is 0. The molecule has 1 rings (SSSR count). The van der Waals surface area contributed by atoms with Gasteiger partial charge in [0.25, 0.3) is 0 Å². The van der Waals surface area contributed by atoms with Crippen molar-refractivity contribution in [2.45, 2.75) is 0 Å². The molecule has 5 heavy (non-hydrogen) atoms. The minimum absolute atomic E-state index is 1.17. The summed E-state index contributed by atoms with van der Waals surface area (Å²) < 4.78 is 21.8. The van der Waals surface area contributed by atoms with Gasteiger partial charge < -0.3 is 9.47 Å². The Morgan fingerprint density at radius 3 is 2.40 bits per heavy atom. The first kappa shape index (κ1) is 1.20. The van der Waals surface area contributed by atoms with Crippen LogP contribution in [-0.2, 0) is 9.47 Å². The fourth-order valence-corrected chi connectivity index (χ4v) is 0.139. The van der Waals surface area contributed by atoms with E-state index >= 15 is 0 Å². The van der Waals surface area contributed by atoms with E-state index in [4.69, 9.17) is 2.74 Å². The monoisotopic (exact) mass is 74.0 g/mol. The first-order chi connectivity index (χ1) is 3.21. The molecule has 0 unspecified atom stereocenters. The molecule has 0 aromatic carbocycles. The molecule has 0 spiro atoms. The van der Waals surface area contributed by atoms with Gasteiger partial charge in [-0.15, -0.1) is 0 Å². The van der Waals surface area contributed by atoms with Crippen LogP contribution in [0.25, 0.3) is 0 Å². The lowest BCUT2D eigenvalue weighted by Crippen LogP contribution is -1.75. The Balaban J connectivity index is 2.49. The molecular formula is C3H4O2. The Morgan fingerprint density at radius 1 is 1.60 bits per heavy atom. The molecule has 1 aliphatic rings. The van der Waals surface area contributed by atoms with Crippen molar-refractivity contribution >= 4 is 0 Å². The molecule has 0 aromatic heterocycles. The first-order valence-corrected chi connectivity index (χ1v) is 1.21. The zero-order valence-corrected chi connectivity index (χ0v) is 2.47. The SMILES string of the molecule is [2H]C1([2H])OC=CO1. The molecule has 2 nitrogen and oxygen atoms in total. The van der Waals surface area contributed by atoms with Gasteiger partial charge in [0.2, 0.25) is 6.75 Å². The lowest BCUT2D eigenvalue weighted by atomic mass is 11.1. The number of hydrogen-bond acceptors (Lipinski definition) is 2. The molecule has 0 radical (unpaired) electrons. The second-order valence-electron chi connectivity index (χ2n) is 0.591. The highest BCUT2D eigenvalue weighted by atomic mass is 16.7. The van der Waals surface area contributed by atoms with Crippen molar-refractivity contribution in [1.82, 2.24) is 0 Å². The van der Waals surface area contributed by atoms with Crippen LogP contribution < -0.4 is 0 Å². The van der Waals surface area contributed by atoms with Crippen LogP contribution in [0.5, 0.6) is 0 Å². The third-order valence-corrected chi connectivity index (χ3v) is 0.288. The summed E-state index contributed by atoms with van der Waals surface area (Å²) in [7, 11) is 0. The van der Waals surface area contributed by atoms with Crippen molar-refractivity contribution in [3.63, 3.8) is 0 Å². The molecule has 0 aromatic rings. The Labute approximate surface area is 32.8 Å². The molecule has 0 saturated heterocycles. The van der Waals surface area contributed by atoms with Crippen LogP contribution in [0.2, 0.25) is 0 Å². The van der Waals surface area contributed by atoms with E-state index in [9.17, 15) is 0 Å². The minimum Gasteiger partial charge on any atom is -0.462 e. The molecule has 1 aliphatic heterocycles. The summed E-state index contributed by atoms with van der Waals surface area (Å²) in [6.45, 7) is -1.92. The second-order valence-corrected chi connectivity index (χ2v) is 0.591. The normalized spacial score (nSPS) is 33.6. The summed E-state index contributed by atoms with van der Waals surface area (Å²) in [4.78, 5) is 0. The van der Waals surface area contributed by atoms with Crippen molar-refractivity contribution in [2.24, 2.45) is 0 Å². The highest BCUT2D eigenvalue weighted by Crippen LogP contribution is 1.88. The van der Waals surface area contributed by atoms with Gasteiger partial charge in [-0.2, -0.15) is 0 Å². The highest BCUT2D eigenvalue weighted by Gasteiger charge is 1.82. The van der Waals surface area contributed by atoms with Crippen LogP contribution in [0.4, 0.5) is 0 Å². The third-order valence-electron chi connectivity index (χ3n) is 0.288. The van der Waals surface area contributed by atoms with Crippen molar-refractivity contribution in [1.29, 1.82) is 0 Å². The molecule has 0 N–H and O–H groups in total. The molecule has 0 bridgehead atoms. The average molecular weight is 74.1 g/mol. The fraction of sp³-hybridized carbons (Fsp3) is 0.333. The zero-order valence-electron chi connectivity index (χ0n) is 4.47. The minimum atomic E-state index is -1.92. The lowest BCUT2D eigenvalue weighted by Gasteiger charge is -1.82. The van der Waals surface area contributed by atoms with Crippen LogP contribution in [-0.4, -0.2) is 6.75 Å². The Bertz CT molecular complexity index is 89.1. The highest BCUT2D eigenvalue weighted by molar-refractivity contribution is 4.63. The van der Waals surface area contributed by atoms with Crippen molar-refractivity contribution in [3.8, 4) is 0 Å². The van der Waals surface area contributed by atoms with Gasteiger partial charge in [0.15, 0.2) is 0 Å². The summed E-state index contributed by atoms with van der Waals surface area (Å²) in [5.41, 5.74) is 0. The van der Waals surface area contributed by atoms with Gasteiger partial charge in [-0.1, -0.05) is 0 Å². The van der Waals surface area contributed by atoms with Gasteiger partial charge in [0.05, 0.1) is 0 Å². The van der Waals surface area contributed by atoms with Gasteiger partial charge in [0, 0.05) is 0 Å². The summed E-state index contributed by atoms with van der Waals surface area (Å²) in [5, 5.41) is 0. The van der Waals surface area contributed by atoms with Gasteiger partial charge in [-0.25, -0.2) is 0 Å². The van der Waals surface area contributed by atoms with Gasteiger partial charge >= 0.3 is 0 Å². The largest absolute Gasteiger partial charge is 0.462 e. The number of ether oxygens (including phenoxy) is 2. The van der Waals surface area contributed by atoms with E-state index in [2.05, 4.69) is 9.47 Å². The zero-order chi connectivity index (χ0) is 5.33. The Morgan fingerprint density at radius 2 is 2.20 bits per heavy atom. The van der Waals surface area contributed by atoms with Crippen LogP contribution >= 0.6 is 0 Å². The molecule has 28 valence electrons. The predicted octanol–water partition coefficient (Wildman–Crippen LogP) is 0.462. The van der Waals surface area contributed by atoms with E-state index in [1.807, 2.05) is 0 Å². The predicted molar refractivity (Wildman–Crippen MR) is 16.2 cm³/mol. The maximum Gasteiger partial charge on any atom is 0.229 e.